The van der Waals surface area contributed by atoms with Crippen molar-refractivity contribution in [2.75, 3.05) is 26.2 Å². The molecule has 7 nitrogen and oxygen atoms in total. The molecule has 0 aliphatic heterocycles. The second-order valence-electron chi connectivity index (χ2n) is 9.73. The first kappa shape index (κ1) is 28.2. The molecule has 1 N–H and O–H groups in total. The van der Waals surface area contributed by atoms with Gasteiger partial charge in [0.05, 0.1) is 5.52 Å². The fourth-order valence-electron chi connectivity index (χ4n) is 4.88. The summed E-state index contributed by atoms with van der Waals surface area (Å²) in [6.07, 6.45) is 1.75. The second-order valence-corrected chi connectivity index (χ2v) is 9.73. The zero-order valence-corrected chi connectivity index (χ0v) is 23.4. The van der Waals surface area contributed by atoms with Crippen molar-refractivity contribution in [1.82, 2.24) is 14.5 Å². The van der Waals surface area contributed by atoms with E-state index in [2.05, 4.69) is 61.4 Å². The number of unbranched alkanes of at least 4 members (excludes halogenated alkanes) is 1. The Labute approximate surface area is 231 Å². The molecule has 7 heteroatoms. The molecule has 0 unspecified atom stereocenters. The molecule has 1 aromatic heterocycles. The minimum Gasteiger partial charge on any atom is -0.490 e. The molecule has 4 aromatic rings. The Morgan fingerprint density at radius 1 is 0.974 bits per heavy atom. The highest BCUT2D eigenvalue weighted by Gasteiger charge is 2.18. The standard InChI is InChI=1S/C32H39N3O4/c1-5-8-13-29-33-30-23(4)14-19-28(38-21-20-34(6-2)7-3)31(30)35(29)22-24-15-17-25(18-16-24)26-11-9-10-12-27(26)39-32(36)37/h9-12,14-19H,5-8,13,20-22H2,1-4H3,(H,36,37). The lowest BCUT2D eigenvalue weighted by Gasteiger charge is -2.19. The molecular weight excluding hydrogens is 490 g/mol. The molecular formula is C32H39N3O4. The van der Waals surface area contributed by atoms with Gasteiger partial charge in [0, 0.05) is 25.1 Å². The SMILES string of the molecule is CCCCc1nc2c(C)ccc(OCCN(CC)CC)c2n1Cc1ccc(-c2ccccc2OC(=O)O)cc1. The van der Waals surface area contributed by atoms with E-state index in [0.717, 1.165) is 83.8 Å². The van der Waals surface area contributed by atoms with Gasteiger partial charge in [0.2, 0.25) is 0 Å². The summed E-state index contributed by atoms with van der Waals surface area (Å²) in [6.45, 7) is 12.8. The van der Waals surface area contributed by atoms with Crippen molar-refractivity contribution in [2.24, 2.45) is 0 Å². The van der Waals surface area contributed by atoms with Crippen LogP contribution in [0.4, 0.5) is 4.79 Å². The lowest BCUT2D eigenvalue weighted by molar-refractivity contribution is 0.144. The van der Waals surface area contributed by atoms with Gasteiger partial charge in [-0.3, -0.25) is 0 Å². The summed E-state index contributed by atoms with van der Waals surface area (Å²) in [5.41, 5.74) is 5.95. The topological polar surface area (TPSA) is 76.8 Å². The number of hydrogen-bond donors (Lipinski definition) is 1. The molecule has 0 fully saturated rings. The number of ether oxygens (including phenoxy) is 2. The number of aryl methyl sites for hydroxylation is 2. The van der Waals surface area contributed by atoms with Crippen LogP contribution in [0, 0.1) is 6.92 Å². The quantitative estimate of drug-likeness (QED) is 0.146. The van der Waals surface area contributed by atoms with E-state index in [9.17, 15) is 4.79 Å². The minimum absolute atomic E-state index is 0.321. The minimum atomic E-state index is -1.32. The predicted molar refractivity (Wildman–Crippen MR) is 156 cm³/mol. The lowest BCUT2D eigenvalue weighted by atomic mass is 10.0. The van der Waals surface area contributed by atoms with E-state index in [-0.39, 0.29) is 0 Å². The van der Waals surface area contributed by atoms with Crippen LogP contribution in [0.2, 0.25) is 0 Å². The average Bonchev–Trinajstić information content (AvgIpc) is 3.30. The van der Waals surface area contributed by atoms with Crippen LogP contribution in [0.25, 0.3) is 22.2 Å². The molecule has 0 atom stereocenters. The number of rotatable bonds is 13. The third-order valence-corrected chi connectivity index (χ3v) is 7.14. The lowest BCUT2D eigenvalue weighted by Crippen LogP contribution is -2.28. The van der Waals surface area contributed by atoms with Crippen LogP contribution in [0.15, 0.2) is 60.7 Å². The fraction of sp³-hybridized carbons (Fsp3) is 0.375. The number of likely N-dealkylation sites (N-methyl/N-ethyl adjacent to an activating group) is 1. The first-order valence-electron chi connectivity index (χ1n) is 13.9. The normalized spacial score (nSPS) is 11.3. The second kappa shape index (κ2) is 13.3. The van der Waals surface area contributed by atoms with Gasteiger partial charge in [0.15, 0.2) is 0 Å². The summed E-state index contributed by atoms with van der Waals surface area (Å²) < 4.78 is 13.7. The molecule has 3 aromatic carbocycles. The van der Waals surface area contributed by atoms with Crippen molar-refractivity contribution < 1.29 is 19.4 Å². The Morgan fingerprint density at radius 2 is 1.72 bits per heavy atom. The molecule has 0 aliphatic rings. The van der Waals surface area contributed by atoms with Crippen molar-refractivity contribution in [3.8, 4) is 22.6 Å². The van der Waals surface area contributed by atoms with Gasteiger partial charge in [-0.15, -0.1) is 0 Å². The number of hydrogen-bond acceptors (Lipinski definition) is 5. The Morgan fingerprint density at radius 3 is 2.41 bits per heavy atom. The maximum Gasteiger partial charge on any atom is 0.511 e. The summed E-state index contributed by atoms with van der Waals surface area (Å²) in [5, 5.41) is 9.10. The molecule has 0 saturated heterocycles. The molecule has 0 amide bonds. The van der Waals surface area contributed by atoms with Crippen LogP contribution in [0.3, 0.4) is 0 Å². The zero-order chi connectivity index (χ0) is 27.8. The maximum atomic E-state index is 11.1. The molecule has 0 spiro atoms. The smallest absolute Gasteiger partial charge is 0.490 e. The Hall–Kier alpha value is -3.84. The van der Waals surface area contributed by atoms with E-state index in [1.54, 1.807) is 12.1 Å². The monoisotopic (exact) mass is 529 g/mol. The first-order chi connectivity index (χ1) is 18.9. The Balaban J connectivity index is 1.67. The van der Waals surface area contributed by atoms with Crippen LogP contribution in [0.5, 0.6) is 11.5 Å². The van der Waals surface area contributed by atoms with Gasteiger partial charge in [0.1, 0.15) is 29.4 Å². The van der Waals surface area contributed by atoms with E-state index >= 15 is 0 Å². The van der Waals surface area contributed by atoms with E-state index in [0.29, 0.717) is 18.9 Å². The molecule has 1 heterocycles. The van der Waals surface area contributed by atoms with E-state index in [1.807, 2.05) is 24.3 Å². The van der Waals surface area contributed by atoms with Gasteiger partial charge in [-0.05, 0) is 55.3 Å². The highest BCUT2D eigenvalue weighted by molar-refractivity contribution is 5.86. The Kier molecular flexibility index (Phi) is 9.60. The van der Waals surface area contributed by atoms with E-state index < -0.39 is 6.16 Å². The third kappa shape index (κ3) is 6.79. The number of benzene rings is 3. The van der Waals surface area contributed by atoms with E-state index in [4.69, 9.17) is 19.6 Å². The van der Waals surface area contributed by atoms with Crippen LogP contribution >= 0.6 is 0 Å². The molecule has 0 aliphatic carbocycles. The van der Waals surface area contributed by atoms with Crippen molar-refractivity contribution in [3.05, 3.63) is 77.6 Å². The highest BCUT2D eigenvalue weighted by Crippen LogP contribution is 2.33. The van der Waals surface area contributed by atoms with Crippen LogP contribution < -0.4 is 9.47 Å². The zero-order valence-electron chi connectivity index (χ0n) is 23.4. The molecule has 0 radical (unpaired) electrons. The number of imidazole rings is 1. The number of para-hydroxylation sites is 1. The van der Waals surface area contributed by atoms with Crippen molar-refractivity contribution in [1.29, 1.82) is 0 Å². The van der Waals surface area contributed by atoms with Gasteiger partial charge < -0.3 is 24.0 Å². The number of nitrogens with zero attached hydrogens (tertiary/aromatic N) is 3. The van der Waals surface area contributed by atoms with Crippen molar-refractivity contribution in [2.45, 2.75) is 53.5 Å². The largest absolute Gasteiger partial charge is 0.511 e. The number of carbonyl (C=O) groups is 1. The van der Waals surface area contributed by atoms with Crippen LogP contribution in [0.1, 0.15) is 50.6 Å². The molecule has 39 heavy (non-hydrogen) atoms. The van der Waals surface area contributed by atoms with Gasteiger partial charge in [0.25, 0.3) is 0 Å². The van der Waals surface area contributed by atoms with Crippen LogP contribution in [-0.2, 0) is 13.0 Å². The van der Waals surface area contributed by atoms with Gasteiger partial charge in [-0.2, -0.15) is 0 Å². The van der Waals surface area contributed by atoms with Gasteiger partial charge in [-0.1, -0.05) is 75.7 Å². The molecule has 0 bridgehead atoms. The summed E-state index contributed by atoms with van der Waals surface area (Å²) >= 11 is 0. The number of aromatic nitrogens is 2. The fourth-order valence-corrected chi connectivity index (χ4v) is 4.88. The number of fused-ring (bicyclic) bond motifs is 1. The van der Waals surface area contributed by atoms with Crippen molar-refractivity contribution in [3.63, 3.8) is 0 Å². The van der Waals surface area contributed by atoms with Crippen molar-refractivity contribution >= 4 is 17.2 Å². The average molecular weight is 530 g/mol. The summed E-state index contributed by atoms with van der Waals surface area (Å²) in [4.78, 5) is 18.6. The predicted octanol–water partition coefficient (Wildman–Crippen LogP) is 7.18. The first-order valence-corrected chi connectivity index (χ1v) is 13.9. The summed E-state index contributed by atoms with van der Waals surface area (Å²) in [5.74, 6) is 2.26. The van der Waals surface area contributed by atoms with E-state index in [1.165, 1.54) is 0 Å². The third-order valence-electron chi connectivity index (χ3n) is 7.14. The van der Waals surface area contributed by atoms with Gasteiger partial charge in [-0.25, -0.2) is 9.78 Å². The van der Waals surface area contributed by atoms with Crippen LogP contribution in [-0.4, -0.2) is 52.0 Å². The highest BCUT2D eigenvalue weighted by atomic mass is 16.7. The number of carboxylic acid groups (broad SMARTS) is 1. The Bertz CT molecular complexity index is 1390. The summed E-state index contributed by atoms with van der Waals surface area (Å²) in [6, 6.07) is 19.5. The summed E-state index contributed by atoms with van der Waals surface area (Å²) in [7, 11) is 0. The van der Waals surface area contributed by atoms with Gasteiger partial charge >= 0.3 is 6.16 Å². The maximum absolute atomic E-state index is 11.1. The molecule has 4 rings (SSSR count). The molecule has 206 valence electrons. The molecule has 0 saturated carbocycles.